The number of piperidine rings is 1. The normalized spacial score (nSPS) is 23.2. The van der Waals surface area contributed by atoms with Crippen molar-refractivity contribution in [3.63, 3.8) is 0 Å². The van der Waals surface area contributed by atoms with E-state index in [0.717, 1.165) is 6.42 Å². The molecule has 1 aromatic heterocycles. The summed E-state index contributed by atoms with van der Waals surface area (Å²) in [7, 11) is 1.30. The van der Waals surface area contributed by atoms with E-state index in [-0.39, 0.29) is 23.8 Å². The predicted octanol–water partition coefficient (Wildman–Crippen LogP) is 0.963. The molecule has 0 aliphatic carbocycles. The lowest BCUT2D eigenvalue weighted by atomic mass is 9.89. The highest BCUT2D eigenvalue weighted by molar-refractivity contribution is 5.86. The molecule has 0 saturated carbocycles. The molecule has 0 bridgehead atoms. The van der Waals surface area contributed by atoms with Gasteiger partial charge in [0.1, 0.15) is 6.04 Å². The summed E-state index contributed by atoms with van der Waals surface area (Å²) < 4.78 is 4.85. The average Bonchev–Trinajstić information content (AvgIpc) is 2.49. The Bertz CT molecular complexity index is 610. The lowest BCUT2D eigenvalue weighted by Gasteiger charge is -2.38. The molecule has 1 aromatic rings. The first-order chi connectivity index (χ1) is 10.4. The van der Waals surface area contributed by atoms with Crippen LogP contribution in [0.2, 0.25) is 0 Å². The Morgan fingerprint density at radius 2 is 2.18 bits per heavy atom. The smallest absolute Gasteiger partial charge is 0.328 e. The van der Waals surface area contributed by atoms with Crippen molar-refractivity contribution in [1.82, 2.24) is 9.88 Å². The van der Waals surface area contributed by atoms with Gasteiger partial charge in [-0.3, -0.25) is 9.59 Å². The number of esters is 1. The van der Waals surface area contributed by atoms with Crippen LogP contribution in [-0.2, 0) is 20.7 Å². The van der Waals surface area contributed by atoms with Gasteiger partial charge in [0, 0.05) is 30.6 Å². The van der Waals surface area contributed by atoms with E-state index in [1.165, 1.54) is 13.3 Å². The zero-order chi connectivity index (χ0) is 16.3. The van der Waals surface area contributed by atoms with Crippen molar-refractivity contribution < 1.29 is 14.3 Å². The molecule has 0 radical (unpaired) electrons. The first kappa shape index (κ1) is 16.3. The maximum atomic E-state index is 12.4. The zero-order valence-electron chi connectivity index (χ0n) is 13.2. The van der Waals surface area contributed by atoms with E-state index >= 15 is 0 Å². The lowest BCUT2D eigenvalue weighted by molar-refractivity contribution is -0.157. The SMILES string of the molecule is COC(=O)C(Cc1ccc[nH]c1=O)N1CC(C)C[C@H](C)C1=O. The Morgan fingerprint density at radius 1 is 1.45 bits per heavy atom. The van der Waals surface area contributed by atoms with Crippen LogP contribution in [0.5, 0.6) is 0 Å². The van der Waals surface area contributed by atoms with Gasteiger partial charge in [-0.1, -0.05) is 19.9 Å². The van der Waals surface area contributed by atoms with Gasteiger partial charge in [0.2, 0.25) is 5.91 Å². The molecule has 0 aromatic carbocycles. The monoisotopic (exact) mass is 306 g/mol. The van der Waals surface area contributed by atoms with E-state index < -0.39 is 12.0 Å². The van der Waals surface area contributed by atoms with Gasteiger partial charge in [0.25, 0.3) is 5.56 Å². The number of nitrogens with zero attached hydrogens (tertiary/aromatic N) is 1. The molecular formula is C16H22N2O4. The van der Waals surface area contributed by atoms with Gasteiger partial charge in [-0.15, -0.1) is 0 Å². The van der Waals surface area contributed by atoms with E-state index in [9.17, 15) is 14.4 Å². The summed E-state index contributed by atoms with van der Waals surface area (Å²) in [6.45, 7) is 4.43. The molecule has 120 valence electrons. The predicted molar refractivity (Wildman–Crippen MR) is 81.2 cm³/mol. The molecule has 1 saturated heterocycles. The minimum absolute atomic E-state index is 0.0548. The molecule has 0 spiro atoms. The molecular weight excluding hydrogens is 284 g/mol. The number of pyridine rings is 1. The summed E-state index contributed by atoms with van der Waals surface area (Å²) >= 11 is 0. The molecule has 22 heavy (non-hydrogen) atoms. The van der Waals surface area contributed by atoms with Crippen molar-refractivity contribution in [2.45, 2.75) is 32.7 Å². The second kappa shape index (κ2) is 6.77. The minimum Gasteiger partial charge on any atom is -0.467 e. The first-order valence-electron chi connectivity index (χ1n) is 7.49. The summed E-state index contributed by atoms with van der Waals surface area (Å²) in [6.07, 6.45) is 2.51. The standard InChI is InChI=1S/C16H22N2O4/c1-10-7-11(2)15(20)18(9-10)13(16(21)22-3)8-12-5-4-6-17-14(12)19/h4-6,10-11,13H,7-9H2,1-3H3,(H,17,19)/t10?,11-,13?/m0/s1. The van der Waals surface area contributed by atoms with E-state index in [2.05, 4.69) is 11.9 Å². The van der Waals surface area contributed by atoms with E-state index in [1.54, 1.807) is 17.0 Å². The van der Waals surface area contributed by atoms with Crippen molar-refractivity contribution in [1.29, 1.82) is 0 Å². The van der Waals surface area contributed by atoms with Crippen LogP contribution in [-0.4, -0.2) is 41.5 Å². The number of carbonyl (C=O) groups is 2. The Labute approximate surface area is 129 Å². The van der Waals surface area contributed by atoms with Gasteiger partial charge in [0.05, 0.1) is 7.11 Å². The van der Waals surface area contributed by atoms with Crippen molar-refractivity contribution in [2.75, 3.05) is 13.7 Å². The van der Waals surface area contributed by atoms with Crippen LogP contribution in [0.25, 0.3) is 0 Å². The van der Waals surface area contributed by atoms with Crippen LogP contribution >= 0.6 is 0 Å². The molecule has 1 aliphatic rings. The third-order valence-electron chi connectivity index (χ3n) is 4.13. The van der Waals surface area contributed by atoms with Crippen LogP contribution in [0.15, 0.2) is 23.1 Å². The van der Waals surface area contributed by atoms with Crippen LogP contribution in [0.4, 0.5) is 0 Å². The third-order valence-corrected chi connectivity index (χ3v) is 4.13. The highest BCUT2D eigenvalue weighted by atomic mass is 16.5. The number of aromatic amines is 1. The number of rotatable bonds is 4. The maximum absolute atomic E-state index is 12.4. The quantitative estimate of drug-likeness (QED) is 0.840. The highest BCUT2D eigenvalue weighted by Crippen LogP contribution is 2.25. The van der Waals surface area contributed by atoms with Crippen LogP contribution in [0.1, 0.15) is 25.8 Å². The van der Waals surface area contributed by atoms with E-state index in [0.29, 0.717) is 18.0 Å². The molecule has 2 heterocycles. The van der Waals surface area contributed by atoms with Gasteiger partial charge in [-0.2, -0.15) is 0 Å². The average molecular weight is 306 g/mol. The lowest BCUT2D eigenvalue weighted by Crippen LogP contribution is -2.53. The Kier molecular flexibility index (Phi) is 5.00. The number of hydrogen-bond acceptors (Lipinski definition) is 4. The third kappa shape index (κ3) is 3.37. The van der Waals surface area contributed by atoms with Gasteiger partial charge < -0.3 is 14.6 Å². The molecule has 1 N–H and O–H groups in total. The molecule has 2 rings (SSSR count). The first-order valence-corrected chi connectivity index (χ1v) is 7.49. The number of amides is 1. The van der Waals surface area contributed by atoms with Gasteiger partial charge in [0.15, 0.2) is 0 Å². The molecule has 6 heteroatoms. The number of carbonyl (C=O) groups excluding carboxylic acids is 2. The van der Waals surface area contributed by atoms with Crippen LogP contribution in [0, 0.1) is 11.8 Å². The summed E-state index contributed by atoms with van der Waals surface area (Å²) in [5.74, 6) is -0.349. The van der Waals surface area contributed by atoms with Gasteiger partial charge in [-0.25, -0.2) is 4.79 Å². The summed E-state index contributed by atoms with van der Waals surface area (Å²) in [6, 6.07) is 2.61. The molecule has 6 nitrogen and oxygen atoms in total. The van der Waals surface area contributed by atoms with Gasteiger partial charge in [-0.05, 0) is 18.4 Å². The second-order valence-corrected chi connectivity index (χ2v) is 6.00. The molecule has 1 amide bonds. The molecule has 3 atom stereocenters. The number of hydrogen-bond donors (Lipinski definition) is 1. The summed E-state index contributed by atoms with van der Waals surface area (Å²) in [5, 5.41) is 0. The molecule has 2 unspecified atom stereocenters. The summed E-state index contributed by atoms with van der Waals surface area (Å²) in [5.41, 5.74) is 0.221. The number of likely N-dealkylation sites (tertiary alicyclic amines) is 1. The highest BCUT2D eigenvalue weighted by Gasteiger charge is 2.37. The fourth-order valence-electron chi connectivity index (χ4n) is 3.05. The topological polar surface area (TPSA) is 79.5 Å². The van der Waals surface area contributed by atoms with Gasteiger partial charge >= 0.3 is 5.97 Å². The maximum Gasteiger partial charge on any atom is 0.328 e. The number of H-pyrrole nitrogens is 1. The number of methoxy groups -OCH3 is 1. The van der Waals surface area contributed by atoms with Crippen LogP contribution < -0.4 is 5.56 Å². The summed E-state index contributed by atoms with van der Waals surface area (Å²) in [4.78, 5) is 40.6. The largest absolute Gasteiger partial charge is 0.467 e. The van der Waals surface area contributed by atoms with Crippen molar-refractivity contribution in [2.24, 2.45) is 11.8 Å². The molecule has 1 aliphatic heterocycles. The fourth-order valence-corrected chi connectivity index (χ4v) is 3.05. The van der Waals surface area contributed by atoms with Crippen molar-refractivity contribution in [3.8, 4) is 0 Å². The second-order valence-electron chi connectivity index (χ2n) is 6.00. The number of ether oxygens (including phenoxy) is 1. The van der Waals surface area contributed by atoms with Crippen LogP contribution in [0.3, 0.4) is 0 Å². The minimum atomic E-state index is -0.758. The molecule has 1 fully saturated rings. The zero-order valence-corrected chi connectivity index (χ0v) is 13.2. The fraction of sp³-hybridized carbons (Fsp3) is 0.562. The van der Waals surface area contributed by atoms with E-state index in [1.807, 2.05) is 6.92 Å². The van der Waals surface area contributed by atoms with Crippen molar-refractivity contribution >= 4 is 11.9 Å². The Morgan fingerprint density at radius 3 is 2.82 bits per heavy atom. The van der Waals surface area contributed by atoms with E-state index in [4.69, 9.17) is 4.74 Å². The van der Waals surface area contributed by atoms with Crippen molar-refractivity contribution in [3.05, 3.63) is 34.2 Å². The number of aromatic nitrogens is 1. The number of nitrogens with one attached hydrogen (secondary N) is 1. The Hall–Kier alpha value is -2.11. The Balaban J connectivity index is 2.30.